The number of hydrogen-bond donors (Lipinski definition) is 2. The molecule has 1 atom stereocenters. The Bertz CT molecular complexity index is 1130. The Kier molecular flexibility index (Phi) is 5.57. The van der Waals surface area contributed by atoms with E-state index in [1.807, 2.05) is 0 Å². The van der Waals surface area contributed by atoms with Crippen LogP contribution in [0.3, 0.4) is 0 Å². The third-order valence-electron chi connectivity index (χ3n) is 5.21. The standard InChI is InChI=1S/C22H21FN4O4/c1-30-18-7-6-14(21(28)31-2)11-17(18)26-22(29)27-9-8-16-19(25-12-24-16)20(27)13-4-3-5-15(23)10-13/h3-7,10-12,20H,8-9H2,1-2H3,(H,24,25)(H,26,29)/t20-/m0/s1. The lowest BCUT2D eigenvalue weighted by Crippen LogP contribution is -2.43. The molecule has 0 unspecified atom stereocenters. The first kappa shape index (κ1) is 20.4. The monoisotopic (exact) mass is 424 g/mol. The summed E-state index contributed by atoms with van der Waals surface area (Å²) in [7, 11) is 2.75. The highest BCUT2D eigenvalue weighted by molar-refractivity contribution is 5.95. The summed E-state index contributed by atoms with van der Waals surface area (Å²) in [6, 6.07) is 9.73. The van der Waals surface area contributed by atoms with Crippen LogP contribution < -0.4 is 10.1 Å². The van der Waals surface area contributed by atoms with Crippen molar-refractivity contribution in [2.75, 3.05) is 26.1 Å². The van der Waals surface area contributed by atoms with Crippen molar-refractivity contribution in [2.45, 2.75) is 12.5 Å². The number of aromatic nitrogens is 2. The quantitative estimate of drug-likeness (QED) is 0.625. The van der Waals surface area contributed by atoms with Gasteiger partial charge in [0.2, 0.25) is 0 Å². The summed E-state index contributed by atoms with van der Waals surface area (Å²) < 4.78 is 24.0. The largest absolute Gasteiger partial charge is 0.495 e. The van der Waals surface area contributed by atoms with Gasteiger partial charge in [-0.05, 0) is 35.9 Å². The number of methoxy groups -OCH3 is 2. The molecule has 1 aromatic heterocycles. The highest BCUT2D eigenvalue weighted by Gasteiger charge is 2.34. The number of aromatic amines is 1. The summed E-state index contributed by atoms with van der Waals surface area (Å²) in [6.45, 7) is 0.390. The Balaban J connectivity index is 1.68. The van der Waals surface area contributed by atoms with E-state index < -0.39 is 23.9 Å². The van der Waals surface area contributed by atoms with Gasteiger partial charge in [-0.25, -0.2) is 19.0 Å². The van der Waals surface area contributed by atoms with Crippen molar-refractivity contribution in [1.29, 1.82) is 0 Å². The van der Waals surface area contributed by atoms with E-state index in [2.05, 4.69) is 15.3 Å². The Morgan fingerprint density at radius 3 is 2.81 bits per heavy atom. The summed E-state index contributed by atoms with van der Waals surface area (Å²) in [6.07, 6.45) is 2.15. The smallest absolute Gasteiger partial charge is 0.337 e. The molecule has 8 nitrogen and oxygen atoms in total. The molecule has 9 heteroatoms. The van der Waals surface area contributed by atoms with Crippen LogP contribution in [0, 0.1) is 5.82 Å². The first-order chi connectivity index (χ1) is 15.0. The molecule has 0 bridgehead atoms. The molecule has 0 spiro atoms. The number of nitrogens with one attached hydrogen (secondary N) is 2. The summed E-state index contributed by atoms with van der Waals surface area (Å²) in [4.78, 5) is 34.3. The Labute approximate surface area is 178 Å². The van der Waals surface area contributed by atoms with Crippen LogP contribution in [0.2, 0.25) is 0 Å². The molecule has 2 heterocycles. The van der Waals surface area contributed by atoms with Crippen molar-refractivity contribution < 1.29 is 23.5 Å². The van der Waals surface area contributed by atoms with E-state index in [-0.39, 0.29) is 5.56 Å². The molecule has 4 rings (SSSR count). The molecule has 0 radical (unpaired) electrons. The summed E-state index contributed by atoms with van der Waals surface area (Å²) >= 11 is 0. The third kappa shape index (κ3) is 3.94. The molecule has 1 aliphatic rings. The number of hydrogen-bond acceptors (Lipinski definition) is 5. The molecule has 1 aliphatic heterocycles. The van der Waals surface area contributed by atoms with Gasteiger partial charge in [-0.15, -0.1) is 0 Å². The molecule has 0 aliphatic carbocycles. The second-order valence-corrected chi connectivity index (χ2v) is 7.00. The minimum Gasteiger partial charge on any atom is -0.495 e. The van der Waals surface area contributed by atoms with E-state index in [1.54, 1.807) is 35.5 Å². The van der Waals surface area contributed by atoms with Crippen molar-refractivity contribution >= 4 is 17.7 Å². The Morgan fingerprint density at radius 1 is 1.23 bits per heavy atom. The van der Waals surface area contributed by atoms with E-state index in [0.29, 0.717) is 35.7 Å². The maximum absolute atomic E-state index is 13.9. The van der Waals surface area contributed by atoms with Crippen molar-refractivity contribution in [3.8, 4) is 5.75 Å². The van der Waals surface area contributed by atoms with Gasteiger partial charge >= 0.3 is 12.0 Å². The van der Waals surface area contributed by atoms with Crippen molar-refractivity contribution in [3.63, 3.8) is 0 Å². The highest BCUT2D eigenvalue weighted by atomic mass is 19.1. The molecule has 2 aromatic carbocycles. The average molecular weight is 424 g/mol. The number of carbonyl (C=O) groups is 2. The van der Waals surface area contributed by atoms with Crippen molar-refractivity contribution in [1.82, 2.24) is 14.9 Å². The predicted octanol–water partition coefficient (Wildman–Crippen LogP) is 3.52. The van der Waals surface area contributed by atoms with Crippen LogP contribution >= 0.6 is 0 Å². The first-order valence-corrected chi connectivity index (χ1v) is 9.63. The molecule has 2 N–H and O–H groups in total. The maximum Gasteiger partial charge on any atom is 0.337 e. The van der Waals surface area contributed by atoms with Gasteiger partial charge in [-0.3, -0.25) is 0 Å². The number of nitrogens with zero attached hydrogens (tertiary/aromatic N) is 2. The number of amides is 2. The molecular weight excluding hydrogens is 403 g/mol. The van der Waals surface area contributed by atoms with Gasteiger partial charge in [0.05, 0.1) is 37.5 Å². The normalized spacial score (nSPS) is 15.2. The van der Waals surface area contributed by atoms with Crippen LogP contribution in [0.15, 0.2) is 48.8 Å². The first-order valence-electron chi connectivity index (χ1n) is 9.63. The number of rotatable bonds is 4. The number of carbonyl (C=O) groups excluding carboxylic acids is 2. The lowest BCUT2D eigenvalue weighted by molar-refractivity contribution is 0.0600. The van der Waals surface area contributed by atoms with Gasteiger partial charge in [0.25, 0.3) is 0 Å². The number of halogens is 1. The zero-order valence-electron chi connectivity index (χ0n) is 17.0. The predicted molar refractivity (Wildman–Crippen MR) is 111 cm³/mol. The average Bonchev–Trinajstić information content (AvgIpc) is 3.26. The van der Waals surface area contributed by atoms with Crippen LogP contribution in [-0.2, 0) is 11.2 Å². The van der Waals surface area contributed by atoms with Crippen LogP contribution in [-0.4, -0.2) is 47.6 Å². The third-order valence-corrected chi connectivity index (χ3v) is 5.21. The fourth-order valence-electron chi connectivity index (χ4n) is 3.75. The van der Waals surface area contributed by atoms with Crippen LogP contribution in [0.25, 0.3) is 0 Å². The molecule has 0 saturated carbocycles. The molecule has 0 saturated heterocycles. The number of anilines is 1. The molecule has 0 fully saturated rings. The van der Waals surface area contributed by atoms with Crippen LogP contribution in [0.1, 0.15) is 33.4 Å². The number of H-pyrrole nitrogens is 1. The van der Waals surface area contributed by atoms with Gasteiger partial charge in [-0.1, -0.05) is 12.1 Å². The van der Waals surface area contributed by atoms with E-state index in [0.717, 1.165) is 5.69 Å². The van der Waals surface area contributed by atoms with Gasteiger partial charge in [-0.2, -0.15) is 0 Å². The molecular formula is C22H21FN4O4. The fraction of sp³-hybridized carbons (Fsp3) is 0.227. The van der Waals surface area contributed by atoms with Crippen molar-refractivity contribution in [2.24, 2.45) is 0 Å². The zero-order valence-corrected chi connectivity index (χ0v) is 17.0. The second-order valence-electron chi connectivity index (χ2n) is 7.00. The maximum atomic E-state index is 13.9. The van der Waals surface area contributed by atoms with E-state index in [1.165, 1.54) is 32.4 Å². The zero-order chi connectivity index (χ0) is 22.0. The SMILES string of the molecule is COC(=O)c1ccc(OC)c(NC(=O)N2CCc3[nH]cnc3[C@@H]2c2cccc(F)c2)c1. The Hall–Kier alpha value is -3.88. The number of esters is 1. The van der Waals surface area contributed by atoms with Crippen molar-refractivity contribution in [3.05, 3.63) is 77.1 Å². The van der Waals surface area contributed by atoms with Gasteiger partial charge in [0, 0.05) is 18.7 Å². The number of fused-ring (bicyclic) bond motifs is 1. The van der Waals surface area contributed by atoms with E-state index in [4.69, 9.17) is 9.47 Å². The lowest BCUT2D eigenvalue weighted by atomic mass is 9.96. The second kappa shape index (κ2) is 8.47. The Morgan fingerprint density at radius 2 is 2.06 bits per heavy atom. The molecule has 3 aromatic rings. The topological polar surface area (TPSA) is 96.5 Å². The van der Waals surface area contributed by atoms with E-state index in [9.17, 15) is 14.0 Å². The number of urea groups is 1. The number of ether oxygens (including phenoxy) is 2. The highest BCUT2D eigenvalue weighted by Crippen LogP contribution is 2.35. The number of imidazole rings is 1. The van der Waals surface area contributed by atoms with Crippen LogP contribution in [0.5, 0.6) is 5.75 Å². The number of benzene rings is 2. The molecule has 31 heavy (non-hydrogen) atoms. The summed E-state index contributed by atoms with van der Waals surface area (Å²) in [5.74, 6) is -0.538. The van der Waals surface area contributed by atoms with E-state index >= 15 is 0 Å². The van der Waals surface area contributed by atoms with Crippen LogP contribution in [0.4, 0.5) is 14.9 Å². The van der Waals surface area contributed by atoms with Gasteiger partial charge in [0.1, 0.15) is 17.6 Å². The molecule has 2 amide bonds. The summed E-state index contributed by atoms with van der Waals surface area (Å²) in [5, 5.41) is 2.81. The summed E-state index contributed by atoms with van der Waals surface area (Å²) in [5.41, 5.74) is 2.78. The lowest BCUT2D eigenvalue weighted by Gasteiger charge is -2.35. The minimum atomic E-state index is -0.569. The minimum absolute atomic E-state index is 0.272. The fourth-order valence-corrected chi connectivity index (χ4v) is 3.75. The van der Waals surface area contributed by atoms with Gasteiger partial charge < -0.3 is 24.7 Å². The molecule has 160 valence electrons. The van der Waals surface area contributed by atoms with Gasteiger partial charge in [0.15, 0.2) is 0 Å².